The molecule has 5 heteroatoms. The van der Waals surface area contributed by atoms with Crippen LogP contribution in [0.5, 0.6) is 11.5 Å². The SMILES string of the molecule is COC(=O)c1cnc(C)cc1-c1ccc(OC)cc1OC. The van der Waals surface area contributed by atoms with Gasteiger partial charge in [0.2, 0.25) is 0 Å². The number of hydrogen-bond acceptors (Lipinski definition) is 5. The number of nitrogens with zero attached hydrogens (tertiary/aromatic N) is 1. The van der Waals surface area contributed by atoms with Gasteiger partial charge in [0, 0.05) is 29.1 Å². The Morgan fingerprint density at radius 2 is 1.81 bits per heavy atom. The third-order valence-electron chi connectivity index (χ3n) is 3.14. The van der Waals surface area contributed by atoms with Crippen molar-refractivity contribution in [3.63, 3.8) is 0 Å². The van der Waals surface area contributed by atoms with E-state index >= 15 is 0 Å². The van der Waals surface area contributed by atoms with E-state index in [4.69, 9.17) is 14.2 Å². The first-order valence-electron chi connectivity index (χ1n) is 6.38. The van der Waals surface area contributed by atoms with Crippen LogP contribution in [-0.2, 0) is 4.74 Å². The van der Waals surface area contributed by atoms with Crippen LogP contribution in [0.3, 0.4) is 0 Å². The number of rotatable bonds is 4. The molecule has 0 atom stereocenters. The topological polar surface area (TPSA) is 57.7 Å². The molecular weight excluding hydrogens is 270 g/mol. The number of methoxy groups -OCH3 is 3. The largest absolute Gasteiger partial charge is 0.497 e. The molecule has 0 fully saturated rings. The molecule has 0 radical (unpaired) electrons. The van der Waals surface area contributed by atoms with Gasteiger partial charge < -0.3 is 14.2 Å². The number of pyridine rings is 1. The van der Waals surface area contributed by atoms with E-state index in [1.807, 2.05) is 25.1 Å². The molecule has 0 saturated carbocycles. The first-order valence-corrected chi connectivity index (χ1v) is 6.38. The predicted molar refractivity (Wildman–Crippen MR) is 78.9 cm³/mol. The molecule has 0 aliphatic carbocycles. The Morgan fingerprint density at radius 1 is 1.05 bits per heavy atom. The molecule has 1 aromatic heterocycles. The van der Waals surface area contributed by atoms with Crippen molar-refractivity contribution in [1.82, 2.24) is 4.98 Å². The number of aromatic nitrogens is 1. The molecule has 0 aliphatic rings. The Hall–Kier alpha value is -2.56. The minimum atomic E-state index is -0.435. The van der Waals surface area contributed by atoms with Gasteiger partial charge in [0.25, 0.3) is 0 Å². The molecule has 1 heterocycles. The highest BCUT2D eigenvalue weighted by atomic mass is 16.5. The van der Waals surface area contributed by atoms with Gasteiger partial charge in [-0.25, -0.2) is 4.79 Å². The number of ether oxygens (including phenoxy) is 3. The third kappa shape index (κ3) is 2.97. The number of esters is 1. The van der Waals surface area contributed by atoms with Crippen LogP contribution in [0.15, 0.2) is 30.5 Å². The van der Waals surface area contributed by atoms with Crippen molar-refractivity contribution < 1.29 is 19.0 Å². The molecule has 5 nitrogen and oxygen atoms in total. The highest BCUT2D eigenvalue weighted by Crippen LogP contribution is 2.35. The standard InChI is InChI=1S/C16H17NO4/c1-10-7-13(14(9-17-10)16(18)21-4)12-6-5-11(19-2)8-15(12)20-3/h5-9H,1-4H3. The lowest BCUT2D eigenvalue weighted by Crippen LogP contribution is -2.05. The summed E-state index contributed by atoms with van der Waals surface area (Å²) in [4.78, 5) is 16.1. The van der Waals surface area contributed by atoms with Crippen molar-refractivity contribution in [2.24, 2.45) is 0 Å². The maximum absolute atomic E-state index is 11.9. The van der Waals surface area contributed by atoms with Crippen molar-refractivity contribution in [2.75, 3.05) is 21.3 Å². The monoisotopic (exact) mass is 287 g/mol. The van der Waals surface area contributed by atoms with Gasteiger partial charge >= 0.3 is 5.97 Å². The van der Waals surface area contributed by atoms with E-state index < -0.39 is 5.97 Å². The average Bonchev–Trinajstić information content (AvgIpc) is 2.53. The fraction of sp³-hybridized carbons (Fsp3) is 0.250. The molecule has 0 spiro atoms. The van der Waals surface area contributed by atoms with Crippen LogP contribution in [0.2, 0.25) is 0 Å². The Balaban J connectivity index is 2.65. The maximum Gasteiger partial charge on any atom is 0.340 e. The van der Waals surface area contributed by atoms with Crippen molar-refractivity contribution in [3.8, 4) is 22.6 Å². The minimum absolute atomic E-state index is 0.395. The van der Waals surface area contributed by atoms with Gasteiger partial charge in [-0.3, -0.25) is 4.98 Å². The zero-order chi connectivity index (χ0) is 15.4. The van der Waals surface area contributed by atoms with E-state index in [-0.39, 0.29) is 0 Å². The molecule has 1 aromatic carbocycles. The predicted octanol–water partition coefficient (Wildman–Crippen LogP) is 2.86. The molecule has 0 saturated heterocycles. The summed E-state index contributed by atoms with van der Waals surface area (Å²) in [5.41, 5.74) is 2.69. The van der Waals surface area contributed by atoms with Crippen molar-refractivity contribution >= 4 is 5.97 Å². The van der Waals surface area contributed by atoms with Crippen LogP contribution in [0.4, 0.5) is 0 Å². The van der Waals surface area contributed by atoms with Crippen LogP contribution in [-0.4, -0.2) is 32.3 Å². The van der Waals surface area contributed by atoms with E-state index in [1.54, 1.807) is 20.3 Å². The normalized spacial score (nSPS) is 10.1. The maximum atomic E-state index is 11.9. The number of hydrogen-bond donors (Lipinski definition) is 0. The van der Waals surface area contributed by atoms with Crippen molar-refractivity contribution in [3.05, 3.63) is 41.7 Å². The number of benzene rings is 1. The lowest BCUT2D eigenvalue weighted by Gasteiger charge is -2.13. The Kier molecular flexibility index (Phi) is 4.42. The minimum Gasteiger partial charge on any atom is -0.497 e. The van der Waals surface area contributed by atoms with Gasteiger partial charge in [0.1, 0.15) is 11.5 Å². The zero-order valence-electron chi connectivity index (χ0n) is 12.5. The molecule has 21 heavy (non-hydrogen) atoms. The smallest absolute Gasteiger partial charge is 0.340 e. The summed E-state index contributed by atoms with van der Waals surface area (Å²) in [6, 6.07) is 7.26. The second-order valence-corrected chi connectivity index (χ2v) is 4.43. The van der Waals surface area contributed by atoms with E-state index in [0.29, 0.717) is 22.6 Å². The van der Waals surface area contributed by atoms with Crippen molar-refractivity contribution in [1.29, 1.82) is 0 Å². The Labute approximate surface area is 123 Å². The summed E-state index contributed by atoms with van der Waals surface area (Å²) < 4.78 is 15.4. The molecule has 0 unspecified atom stereocenters. The van der Waals surface area contributed by atoms with Gasteiger partial charge in [0.05, 0.1) is 26.9 Å². The molecule has 0 N–H and O–H groups in total. The summed E-state index contributed by atoms with van der Waals surface area (Å²) >= 11 is 0. The Morgan fingerprint density at radius 3 is 2.43 bits per heavy atom. The summed E-state index contributed by atoms with van der Waals surface area (Å²) in [6.45, 7) is 1.86. The lowest BCUT2D eigenvalue weighted by atomic mass is 9.99. The molecule has 2 rings (SSSR count). The van der Waals surface area contributed by atoms with Crippen LogP contribution in [0, 0.1) is 6.92 Å². The zero-order valence-corrected chi connectivity index (χ0v) is 12.5. The van der Waals surface area contributed by atoms with Crippen LogP contribution < -0.4 is 9.47 Å². The first kappa shape index (κ1) is 14.8. The third-order valence-corrected chi connectivity index (χ3v) is 3.14. The van der Waals surface area contributed by atoms with E-state index in [9.17, 15) is 4.79 Å². The number of aryl methyl sites for hydroxylation is 1. The van der Waals surface area contributed by atoms with Gasteiger partial charge in [-0.15, -0.1) is 0 Å². The van der Waals surface area contributed by atoms with E-state index in [2.05, 4.69) is 4.98 Å². The molecule has 0 aliphatic heterocycles. The number of carbonyl (C=O) groups excluding carboxylic acids is 1. The van der Waals surface area contributed by atoms with E-state index in [0.717, 1.165) is 11.3 Å². The number of carbonyl (C=O) groups is 1. The molecule has 0 bridgehead atoms. The van der Waals surface area contributed by atoms with Crippen LogP contribution in [0.1, 0.15) is 16.1 Å². The molecular formula is C16H17NO4. The fourth-order valence-electron chi connectivity index (χ4n) is 2.08. The second-order valence-electron chi connectivity index (χ2n) is 4.43. The quantitative estimate of drug-likeness (QED) is 0.809. The summed E-state index contributed by atoms with van der Waals surface area (Å²) in [5, 5.41) is 0. The fourth-order valence-corrected chi connectivity index (χ4v) is 2.08. The van der Waals surface area contributed by atoms with E-state index in [1.165, 1.54) is 13.3 Å². The summed E-state index contributed by atoms with van der Waals surface area (Å²) in [5.74, 6) is 0.862. The van der Waals surface area contributed by atoms with Gasteiger partial charge in [0.15, 0.2) is 0 Å². The van der Waals surface area contributed by atoms with Gasteiger partial charge in [-0.05, 0) is 25.1 Å². The van der Waals surface area contributed by atoms with Crippen molar-refractivity contribution in [2.45, 2.75) is 6.92 Å². The Bertz CT molecular complexity index is 667. The first-order chi connectivity index (χ1) is 10.1. The van der Waals surface area contributed by atoms with Crippen LogP contribution >= 0.6 is 0 Å². The highest BCUT2D eigenvalue weighted by molar-refractivity contribution is 5.97. The highest BCUT2D eigenvalue weighted by Gasteiger charge is 2.17. The molecule has 2 aromatic rings. The summed E-state index contributed by atoms with van der Waals surface area (Å²) in [7, 11) is 4.51. The van der Waals surface area contributed by atoms with Crippen LogP contribution in [0.25, 0.3) is 11.1 Å². The van der Waals surface area contributed by atoms with Gasteiger partial charge in [-0.2, -0.15) is 0 Å². The molecule has 0 amide bonds. The molecule has 110 valence electrons. The average molecular weight is 287 g/mol. The van der Waals surface area contributed by atoms with Gasteiger partial charge in [-0.1, -0.05) is 0 Å². The summed E-state index contributed by atoms with van der Waals surface area (Å²) in [6.07, 6.45) is 1.51. The lowest BCUT2D eigenvalue weighted by molar-refractivity contribution is 0.0601. The second kappa shape index (κ2) is 6.26.